The van der Waals surface area contributed by atoms with Crippen molar-refractivity contribution in [3.63, 3.8) is 0 Å². The van der Waals surface area contributed by atoms with Crippen LogP contribution in [0.5, 0.6) is 0 Å². The maximum atomic E-state index is 4.68. The molecule has 1 N–H and O–H groups in total. The Balaban J connectivity index is 2.27. The first kappa shape index (κ1) is 11.6. The molecule has 0 radical (unpaired) electrons. The highest BCUT2D eigenvalue weighted by Gasteiger charge is 2.23. The molecular formula is C13H23N3. The molecule has 1 saturated heterocycles. The normalized spacial score (nSPS) is 20.9. The number of aryl methyl sites for hydroxylation is 1. The van der Waals surface area contributed by atoms with Gasteiger partial charge in [0, 0.05) is 30.3 Å². The summed E-state index contributed by atoms with van der Waals surface area (Å²) < 4.78 is 2.19. The van der Waals surface area contributed by atoms with E-state index in [2.05, 4.69) is 42.8 Å². The number of aromatic nitrogens is 2. The fourth-order valence-corrected chi connectivity index (χ4v) is 2.73. The minimum Gasteiger partial charge on any atom is -0.316 e. The monoisotopic (exact) mass is 221 g/mol. The molecule has 3 nitrogen and oxygen atoms in total. The van der Waals surface area contributed by atoms with E-state index in [1.807, 2.05) is 0 Å². The van der Waals surface area contributed by atoms with Crippen molar-refractivity contribution in [1.82, 2.24) is 15.1 Å². The summed E-state index contributed by atoms with van der Waals surface area (Å²) >= 11 is 0. The van der Waals surface area contributed by atoms with Crippen LogP contribution in [0.2, 0.25) is 0 Å². The molecule has 0 spiro atoms. The highest BCUT2D eigenvalue weighted by molar-refractivity contribution is 5.30. The van der Waals surface area contributed by atoms with Crippen LogP contribution in [-0.4, -0.2) is 22.9 Å². The average molecular weight is 221 g/mol. The van der Waals surface area contributed by atoms with Gasteiger partial charge in [-0.2, -0.15) is 5.10 Å². The lowest BCUT2D eigenvalue weighted by Crippen LogP contribution is -2.10. The third-order valence-electron chi connectivity index (χ3n) is 3.44. The summed E-state index contributed by atoms with van der Waals surface area (Å²) in [5, 5.41) is 8.12. The lowest BCUT2D eigenvalue weighted by atomic mass is 9.96. The molecule has 1 fully saturated rings. The van der Waals surface area contributed by atoms with Gasteiger partial charge < -0.3 is 5.32 Å². The molecule has 16 heavy (non-hydrogen) atoms. The van der Waals surface area contributed by atoms with E-state index in [4.69, 9.17) is 0 Å². The maximum absolute atomic E-state index is 4.68. The molecule has 1 aromatic heterocycles. The van der Waals surface area contributed by atoms with E-state index in [1.54, 1.807) is 0 Å². The zero-order valence-corrected chi connectivity index (χ0v) is 10.9. The van der Waals surface area contributed by atoms with Gasteiger partial charge in [-0.1, -0.05) is 13.8 Å². The van der Waals surface area contributed by atoms with Crippen molar-refractivity contribution in [3.05, 3.63) is 17.0 Å². The number of nitrogens with one attached hydrogen (secondary N) is 1. The summed E-state index contributed by atoms with van der Waals surface area (Å²) in [6.07, 6.45) is 1.26. The minimum atomic E-state index is 0.660. The van der Waals surface area contributed by atoms with Crippen molar-refractivity contribution < 1.29 is 0 Å². The Labute approximate surface area is 98.2 Å². The summed E-state index contributed by atoms with van der Waals surface area (Å²) in [6, 6.07) is 0. The summed E-state index contributed by atoms with van der Waals surface area (Å²) in [4.78, 5) is 0. The Morgan fingerprint density at radius 1 is 1.44 bits per heavy atom. The first-order valence-electron chi connectivity index (χ1n) is 6.34. The quantitative estimate of drug-likeness (QED) is 0.848. The predicted molar refractivity (Wildman–Crippen MR) is 66.8 cm³/mol. The van der Waals surface area contributed by atoms with Gasteiger partial charge in [0.2, 0.25) is 0 Å². The average Bonchev–Trinajstić information content (AvgIpc) is 2.76. The van der Waals surface area contributed by atoms with Crippen LogP contribution in [0.25, 0.3) is 0 Å². The molecule has 0 saturated carbocycles. The largest absolute Gasteiger partial charge is 0.316 e. The van der Waals surface area contributed by atoms with Crippen molar-refractivity contribution >= 4 is 0 Å². The third-order valence-corrected chi connectivity index (χ3v) is 3.44. The Morgan fingerprint density at radius 2 is 2.19 bits per heavy atom. The molecule has 2 heterocycles. The van der Waals surface area contributed by atoms with E-state index in [1.165, 1.54) is 23.4 Å². The Bertz CT molecular complexity index is 359. The first-order valence-corrected chi connectivity index (χ1v) is 6.34. The second-order valence-corrected chi connectivity index (χ2v) is 5.35. The van der Waals surface area contributed by atoms with Gasteiger partial charge in [-0.15, -0.1) is 0 Å². The second kappa shape index (κ2) is 4.58. The molecule has 3 heteroatoms. The SMILES string of the molecule is Cc1nn(CC(C)C)c(C)c1C1CCNC1. The van der Waals surface area contributed by atoms with Crippen molar-refractivity contribution in [3.8, 4) is 0 Å². The number of nitrogens with zero attached hydrogens (tertiary/aromatic N) is 2. The van der Waals surface area contributed by atoms with E-state index >= 15 is 0 Å². The van der Waals surface area contributed by atoms with Gasteiger partial charge in [0.25, 0.3) is 0 Å². The standard InChI is InChI=1S/C13H23N3/c1-9(2)8-16-11(4)13(10(3)15-16)12-5-6-14-7-12/h9,12,14H,5-8H2,1-4H3. The Morgan fingerprint density at radius 3 is 2.75 bits per heavy atom. The van der Waals surface area contributed by atoms with Crippen molar-refractivity contribution in [1.29, 1.82) is 0 Å². The number of hydrogen-bond acceptors (Lipinski definition) is 2. The molecule has 2 rings (SSSR count). The summed E-state index contributed by atoms with van der Waals surface area (Å²) in [7, 11) is 0. The minimum absolute atomic E-state index is 0.660. The van der Waals surface area contributed by atoms with Gasteiger partial charge in [-0.3, -0.25) is 4.68 Å². The Kier molecular flexibility index (Phi) is 3.33. The summed E-state index contributed by atoms with van der Waals surface area (Å²) in [5.74, 6) is 1.34. The Hall–Kier alpha value is -0.830. The van der Waals surface area contributed by atoms with Crippen LogP contribution >= 0.6 is 0 Å². The van der Waals surface area contributed by atoms with Crippen molar-refractivity contribution in [2.75, 3.05) is 13.1 Å². The van der Waals surface area contributed by atoms with Crippen LogP contribution < -0.4 is 5.32 Å². The molecule has 1 unspecified atom stereocenters. The van der Waals surface area contributed by atoms with Crippen molar-refractivity contribution in [2.45, 2.75) is 46.6 Å². The molecule has 0 aromatic carbocycles. The molecule has 0 bridgehead atoms. The van der Waals surface area contributed by atoms with Gasteiger partial charge in [0.15, 0.2) is 0 Å². The smallest absolute Gasteiger partial charge is 0.0631 e. The fourth-order valence-electron chi connectivity index (χ4n) is 2.73. The number of rotatable bonds is 3. The van der Waals surface area contributed by atoms with Crippen LogP contribution in [0, 0.1) is 19.8 Å². The summed E-state index contributed by atoms with van der Waals surface area (Å²) in [5.41, 5.74) is 4.09. The van der Waals surface area contributed by atoms with Gasteiger partial charge in [0.05, 0.1) is 5.69 Å². The highest BCUT2D eigenvalue weighted by atomic mass is 15.3. The van der Waals surface area contributed by atoms with Gasteiger partial charge in [-0.05, 0) is 32.7 Å². The zero-order valence-electron chi connectivity index (χ0n) is 10.9. The third kappa shape index (κ3) is 2.14. The zero-order chi connectivity index (χ0) is 11.7. The highest BCUT2D eigenvalue weighted by Crippen LogP contribution is 2.28. The van der Waals surface area contributed by atoms with Gasteiger partial charge >= 0.3 is 0 Å². The van der Waals surface area contributed by atoms with Crippen LogP contribution in [0.4, 0.5) is 0 Å². The van der Waals surface area contributed by atoms with Gasteiger partial charge in [-0.25, -0.2) is 0 Å². The number of hydrogen-bond donors (Lipinski definition) is 1. The summed E-state index contributed by atoms with van der Waals surface area (Å²) in [6.45, 7) is 12.2. The van der Waals surface area contributed by atoms with E-state index in [9.17, 15) is 0 Å². The van der Waals surface area contributed by atoms with Crippen LogP contribution in [-0.2, 0) is 6.54 Å². The topological polar surface area (TPSA) is 29.9 Å². The lowest BCUT2D eigenvalue weighted by molar-refractivity contribution is 0.472. The molecule has 1 aromatic rings. The van der Waals surface area contributed by atoms with Crippen LogP contribution in [0.3, 0.4) is 0 Å². The van der Waals surface area contributed by atoms with Crippen LogP contribution in [0.15, 0.2) is 0 Å². The van der Waals surface area contributed by atoms with E-state index < -0.39 is 0 Å². The maximum Gasteiger partial charge on any atom is 0.0631 e. The molecular weight excluding hydrogens is 198 g/mol. The molecule has 0 aliphatic carbocycles. The molecule has 1 atom stereocenters. The predicted octanol–water partition coefficient (Wildman–Crippen LogP) is 2.23. The van der Waals surface area contributed by atoms with Crippen molar-refractivity contribution in [2.24, 2.45) is 5.92 Å². The lowest BCUT2D eigenvalue weighted by Gasteiger charge is -2.11. The van der Waals surface area contributed by atoms with Crippen LogP contribution in [0.1, 0.15) is 43.1 Å². The molecule has 0 amide bonds. The fraction of sp³-hybridized carbons (Fsp3) is 0.769. The van der Waals surface area contributed by atoms with E-state index in [0.717, 1.165) is 19.6 Å². The molecule has 1 aliphatic rings. The second-order valence-electron chi connectivity index (χ2n) is 5.35. The molecule has 1 aliphatic heterocycles. The molecule has 90 valence electrons. The van der Waals surface area contributed by atoms with E-state index in [0.29, 0.717) is 11.8 Å². The van der Waals surface area contributed by atoms with E-state index in [-0.39, 0.29) is 0 Å². The first-order chi connectivity index (χ1) is 7.59. The van der Waals surface area contributed by atoms with Gasteiger partial charge in [0.1, 0.15) is 0 Å².